The summed E-state index contributed by atoms with van der Waals surface area (Å²) < 4.78 is 4.55. The zero-order valence-electron chi connectivity index (χ0n) is 15.2. The second-order valence-electron chi connectivity index (χ2n) is 4.55. The zero-order chi connectivity index (χ0) is 19.2. The number of carbonyl (C=O) groups excluding carboxylic acids is 2. The number of hydrogen-bond donors (Lipinski definition) is 2. The van der Waals surface area contributed by atoms with Crippen molar-refractivity contribution in [1.29, 1.82) is 0 Å². The predicted octanol–water partition coefficient (Wildman–Crippen LogP) is 4.76. The first-order valence-corrected chi connectivity index (χ1v) is 8.22. The van der Waals surface area contributed by atoms with E-state index in [1.807, 2.05) is 46.0 Å². The van der Waals surface area contributed by atoms with Crippen LogP contribution in [0.15, 0.2) is 42.5 Å². The monoisotopic (exact) mass is 364 g/mol. The summed E-state index contributed by atoms with van der Waals surface area (Å²) >= 11 is 5.79. The highest BCUT2D eigenvalue weighted by atomic mass is 35.5. The van der Waals surface area contributed by atoms with Crippen molar-refractivity contribution in [3.05, 3.63) is 58.6 Å². The maximum atomic E-state index is 11.0. The van der Waals surface area contributed by atoms with Crippen molar-refractivity contribution < 1.29 is 14.3 Å². The number of halogens is 1. The maximum Gasteiger partial charge on any atom is 0.337 e. The average molecular weight is 365 g/mol. The van der Waals surface area contributed by atoms with Crippen molar-refractivity contribution in [3.8, 4) is 0 Å². The number of anilines is 2. The second kappa shape index (κ2) is 12.8. The molecule has 2 aromatic carbocycles. The van der Waals surface area contributed by atoms with Crippen LogP contribution in [0.25, 0.3) is 0 Å². The first-order valence-electron chi connectivity index (χ1n) is 7.84. The molecule has 6 heteroatoms. The van der Waals surface area contributed by atoms with Gasteiger partial charge in [0, 0.05) is 23.4 Å². The number of methoxy groups -OCH3 is 1. The Labute approximate surface area is 154 Å². The standard InChI is InChI=1S/C9H11NO2.C8H8ClNO.C2H6/c1-10-8-5-3-7(4-6-8)9(11)12-2;1-6-2-3-7(10-5-11)4-8(6)9;1-2/h3-6,10H,1-2H3;2-5H,1H3,(H,10,11);1-2H3. The number of carbonyl (C=O) groups is 2. The molecule has 0 unspecified atom stereocenters. The topological polar surface area (TPSA) is 67.4 Å². The summed E-state index contributed by atoms with van der Waals surface area (Å²) in [7, 11) is 3.20. The molecule has 0 aliphatic carbocycles. The van der Waals surface area contributed by atoms with Crippen LogP contribution in [0.2, 0.25) is 5.02 Å². The van der Waals surface area contributed by atoms with Crippen LogP contribution in [0.5, 0.6) is 0 Å². The van der Waals surface area contributed by atoms with Gasteiger partial charge in [0.25, 0.3) is 0 Å². The SMILES string of the molecule is CC.CNc1ccc(C(=O)OC)cc1.Cc1ccc(NC=O)cc1Cl. The van der Waals surface area contributed by atoms with Crippen molar-refractivity contribution in [2.24, 2.45) is 0 Å². The molecule has 0 fully saturated rings. The molecule has 2 aromatic rings. The van der Waals surface area contributed by atoms with Crippen molar-refractivity contribution in [3.63, 3.8) is 0 Å². The molecule has 2 N–H and O–H groups in total. The third kappa shape index (κ3) is 8.22. The van der Waals surface area contributed by atoms with Gasteiger partial charge < -0.3 is 15.4 Å². The van der Waals surface area contributed by atoms with E-state index in [1.165, 1.54) is 7.11 Å². The first-order chi connectivity index (χ1) is 12.0. The van der Waals surface area contributed by atoms with Gasteiger partial charge >= 0.3 is 5.97 Å². The number of benzene rings is 2. The smallest absolute Gasteiger partial charge is 0.337 e. The maximum absolute atomic E-state index is 11.0. The third-order valence-corrected chi connectivity index (χ3v) is 3.40. The van der Waals surface area contributed by atoms with Gasteiger partial charge in [0.2, 0.25) is 6.41 Å². The number of ether oxygens (including phenoxy) is 1. The highest BCUT2D eigenvalue weighted by molar-refractivity contribution is 6.31. The van der Waals surface area contributed by atoms with Crippen LogP contribution in [0.1, 0.15) is 29.8 Å². The molecule has 5 nitrogen and oxygen atoms in total. The van der Waals surface area contributed by atoms with E-state index in [2.05, 4.69) is 15.4 Å². The molecule has 0 saturated carbocycles. The van der Waals surface area contributed by atoms with E-state index < -0.39 is 0 Å². The minimum atomic E-state index is -0.308. The lowest BCUT2D eigenvalue weighted by Crippen LogP contribution is -2.00. The first kappa shape index (κ1) is 22.5. The molecule has 25 heavy (non-hydrogen) atoms. The van der Waals surface area contributed by atoms with Crippen LogP contribution in [0.4, 0.5) is 11.4 Å². The van der Waals surface area contributed by atoms with E-state index in [9.17, 15) is 9.59 Å². The minimum Gasteiger partial charge on any atom is -0.465 e. The second-order valence-corrected chi connectivity index (χ2v) is 4.95. The van der Waals surface area contributed by atoms with Gasteiger partial charge in [-0.05, 0) is 48.9 Å². The molecular formula is C19H25ClN2O3. The molecule has 0 aliphatic rings. The number of esters is 1. The quantitative estimate of drug-likeness (QED) is 0.606. The minimum absolute atomic E-state index is 0.308. The summed E-state index contributed by atoms with van der Waals surface area (Å²) in [6.07, 6.45) is 0.626. The van der Waals surface area contributed by atoms with Gasteiger partial charge in [0.1, 0.15) is 0 Å². The summed E-state index contributed by atoms with van der Waals surface area (Å²) in [5.41, 5.74) is 3.26. The summed E-state index contributed by atoms with van der Waals surface area (Å²) in [6.45, 7) is 5.91. The summed E-state index contributed by atoms with van der Waals surface area (Å²) in [5, 5.41) is 6.13. The van der Waals surface area contributed by atoms with Crippen molar-refractivity contribution >= 4 is 35.4 Å². The van der Waals surface area contributed by atoms with Crippen LogP contribution < -0.4 is 10.6 Å². The third-order valence-electron chi connectivity index (χ3n) is 2.99. The molecule has 0 spiro atoms. The van der Waals surface area contributed by atoms with Gasteiger partial charge in [-0.1, -0.05) is 31.5 Å². The number of rotatable bonds is 4. The normalized spacial score (nSPS) is 8.72. The fraction of sp³-hybridized carbons (Fsp3) is 0.263. The van der Waals surface area contributed by atoms with E-state index in [-0.39, 0.29) is 5.97 Å². The molecule has 0 aliphatic heterocycles. The molecule has 0 radical (unpaired) electrons. The Bertz CT molecular complexity index is 658. The summed E-state index contributed by atoms with van der Waals surface area (Å²) in [6, 6.07) is 12.5. The Kier molecular flexibility index (Phi) is 11.5. The van der Waals surface area contributed by atoms with Crippen molar-refractivity contribution in [1.82, 2.24) is 0 Å². The Hall–Kier alpha value is -2.53. The lowest BCUT2D eigenvalue weighted by molar-refractivity contribution is -0.105. The van der Waals surface area contributed by atoms with Crippen LogP contribution in [0.3, 0.4) is 0 Å². The van der Waals surface area contributed by atoms with Gasteiger partial charge in [-0.2, -0.15) is 0 Å². The Morgan fingerprint density at radius 3 is 2.08 bits per heavy atom. The number of nitrogens with one attached hydrogen (secondary N) is 2. The fourth-order valence-electron chi connectivity index (χ4n) is 1.64. The molecular weight excluding hydrogens is 340 g/mol. The van der Waals surface area contributed by atoms with Crippen LogP contribution in [-0.4, -0.2) is 26.5 Å². The molecule has 0 aromatic heterocycles. The van der Waals surface area contributed by atoms with Crippen molar-refractivity contribution in [2.45, 2.75) is 20.8 Å². The molecule has 1 amide bonds. The van der Waals surface area contributed by atoms with Gasteiger partial charge in [-0.3, -0.25) is 4.79 Å². The number of hydrogen-bond acceptors (Lipinski definition) is 4. The lowest BCUT2D eigenvalue weighted by atomic mass is 10.2. The van der Waals surface area contributed by atoms with Crippen molar-refractivity contribution in [2.75, 3.05) is 24.8 Å². The molecule has 0 atom stereocenters. The Balaban J connectivity index is 0.000000421. The van der Waals surface area contributed by atoms with E-state index >= 15 is 0 Å². The highest BCUT2D eigenvalue weighted by Gasteiger charge is 2.02. The van der Waals surface area contributed by atoms with Gasteiger partial charge in [0.05, 0.1) is 12.7 Å². The number of amides is 1. The van der Waals surface area contributed by atoms with E-state index in [4.69, 9.17) is 11.6 Å². The van der Waals surface area contributed by atoms with Crippen LogP contribution in [0, 0.1) is 6.92 Å². The zero-order valence-corrected chi connectivity index (χ0v) is 16.0. The number of aryl methyl sites for hydroxylation is 1. The van der Waals surface area contributed by atoms with E-state index in [1.54, 1.807) is 24.3 Å². The summed E-state index contributed by atoms with van der Waals surface area (Å²) in [4.78, 5) is 21.0. The van der Waals surface area contributed by atoms with E-state index in [0.717, 1.165) is 16.9 Å². The molecule has 2 rings (SSSR count). The Morgan fingerprint density at radius 1 is 1.08 bits per heavy atom. The highest BCUT2D eigenvalue weighted by Crippen LogP contribution is 2.19. The van der Waals surface area contributed by atoms with Gasteiger partial charge in [-0.15, -0.1) is 0 Å². The van der Waals surface area contributed by atoms with Gasteiger partial charge in [-0.25, -0.2) is 4.79 Å². The molecule has 0 bridgehead atoms. The van der Waals surface area contributed by atoms with E-state index in [0.29, 0.717) is 17.0 Å². The molecule has 0 heterocycles. The fourth-order valence-corrected chi connectivity index (χ4v) is 1.82. The van der Waals surface area contributed by atoms with Crippen LogP contribution in [-0.2, 0) is 9.53 Å². The van der Waals surface area contributed by atoms with Crippen LogP contribution >= 0.6 is 11.6 Å². The average Bonchev–Trinajstić information content (AvgIpc) is 2.66. The largest absolute Gasteiger partial charge is 0.465 e. The Morgan fingerprint density at radius 2 is 1.64 bits per heavy atom. The molecule has 0 saturated heterocycles. The lowest BCUT2D eigenvalue weighted by Gasteiger charge is -2.01. The summed E-state index contributed by atoms with van der Waals surface area (Å²) in [5.74, 6) is -0.308. The predicted molar refractivity (Wildman–Crippen MR) is 105 cm³/mol. The van der Waals surface area contributed by atoms with Gasteiger partial charge in [0.15, 0.2) is 0 Å². The molecule has 136 valence electrons.